The van der Waals surface area contributed by atoms with E-state index in [1.165, 1.54) is 22.6 Å². The Balaban J connectivity index is 0.000000806. The molecule has 0 unspecified atom stereocenters. The molecule has 3 aromatic heterocycles. The first-order valence-corrected chi connectivity index (χ1v) is 12.0. The number of fused-ring (bicyclic) bond motifs is 2. The SMILES string of the molecule is O=CO.c1ccc(N2CCN(Cc3coc4cc(Oc5nc6ncccc6s5)ccc34)CC2)cc1. The molecule has 0 bridgehead atoms. The van der Waals surface area contributed by atoms with Crippen molar-refractivity contribution < 1.29 is 19.1 Å². The van der Waals surface area contributed by atoms with Crippen molar-refractivity contribution in [2.45, 2.75) is 6.54 Å². The third-order valence-corrected chi connectivity index (χ3v) is 6.75. The summed E-state index contributed by atoms with van der Waals surface area (Å²) in [4.78, 5) is 22.0. The van der Waals surface area contributed by atoms with Crippen LogP contribution in [0.2, 0.25) is 0 Å². The minimum Gasteiger partial charge on any atom is -0.483 e. The van der Waals surface area contributed by atoms with Gasteiger partial charge in [0.1, 0.15) is 11.3 Å². The van der Waals surface area contributed by atoms with Crippen LogP contribution in [0.5, 0.6) is 10.9 Å². The molecule has 9 heteroatoms. The Hall–Kier alpha value is -3.95. The van der Waals surface area contributed by atoms with Crippen molar-refractivity contribution in [1.29, 1.82) is 0 Å². The highest BCUT2D eigenvalue weighted by Gasteiger charge is 2.19. The molecule has 1 saturated heterocycles. The number of hydrogen-bond acceptors (Lipinski definition) is 8. The summed E-state index contributed by atoms with van der Waals surface area (Å²) >= 11 is 1.49. The number of para-hydroxylation sites is 1. The van der Waals surface area contributed by atoms with Crippen LogP contribution in [-0.4, -0.2) is 52.6 Å². The first kappa shape index (κ1) is 22.8. The Labute approximate surface area is 206 Å². The maximum atomic E-state index is 8.36. The first-order valence-electron chi connectivity index (χ1n) is 11.2. The molecule has 35 heavy (non-hydrogen) atoms. The van der Waals surface area contributed by atoms with Gasteiger partial charge in [-0.1, -0.05) is 29.5 Å². The van der Waals surface area contributed by atoms with Gasteiger partial charge in [0, 0.05) is 61.6 Å². The number of carboxylic acid groups (broad SMARTS) is 1. The Morgan fingerprint density at radius 1 is 1.06 bits per heavy atom. The minimum atomic E-state index is -0.250. The molecule has 2 aromatic carbocycles. The van der Waals surface area contributed by atoms with E-state index < -0.39 is 0 Å². The molecule has 0 amide bonds. The van der Waals surface area contributed by atoms with Gasteiger partial charge in [-0.05, 0) is 36.4 Å². The second kappa shape index (κ2) is 10.5. The lowest BCUT2D eigenvalue weighted by Crippen LogP contribution is -2.45. The third-order valence-electron chi connectivity index (χ3n) is 5.87. The zero-order valence-electron chi connectivity index (χ0n) is 18.9. The van der Waals surface area contributed by atoms with Crippen LogP contribution in [0.25, 0.3) is 21.3 Å². The van der Waals surface area contributed by atoms with E-state index in [2.05, 4.69) is 56.2 Å². The summed E-state index contributed by atoms with van der Waals surface area (Å²) < 4.78 is 12.9. The van der Waals surface area contributed by atoms with Gasteiger partial charge >= 0.3 is 0 Å². The number of pyridine rings is 1. The molecule has 178 valence electrons. The summed E-state index contributed by atoms with van der Waals surface area (Å²) in [5.41, 5.74) is 4.06. The fourth-order valence-electron chi connectivity index (χ4n) is 4.19. The average molecular weight is 489 g/mol. The van der Waals surface area contributed by atoms with Crippen molar-refractivity contribution in [3.63, 3.8) is 0 Å². The van der Waals surface area contributed by atoms with Crippen LogP contribution < -0.4 is 9.64 Å². The summed E-state index contributed by atoms with van der Waals surface area (Å²) in [5, 5.41) is 8.61. The van der Waals surface area contributed by atoms with Gasteiger partial charge in [-0.2, -0.15) is 4.98 Å². The highest BCUT2D eigenvalue weighted by molar-refractivity contribution is 7.20. The number of aromatic nitrogens is 2. The second-order valence-corrected chi connectivity index (χ2v) is 9.02. The maximum Gasteiger partial charge on any atom is 0.290 e. The number of nitrogens with zero attached hydrogens (tertiary/aromatic N) is 4. The predicted molar refractivity (Wildman–Crippen MR) is 136 cm³/mol. The summed E-state index contributed by atoms with van der Waals surface area (Å²) in [7, 11) is 0. The van der Waals surface area contributed by atoms with Crippen molar-refractivity contribution in [3.05, 3.63) is 78.7 Å². The smallest absolute Gasteiger partial charge is 0.290 e. The molecule has 1 N–H and O–H groups in total. The fraction of sp³-hybridized carbons (Fsp3) is 0.192. The molecule has 0 atom stereocenters. The lowest BCUT2D eigenvalue weighted by molar-refractivity contribution is -0.122. The van der Waals surface area contributed by atoms with E-state index >= 15 is 0 Å². The topological polar surface area (TPSA) is 91.9 Å². The zero-order valence-corrected chi connectivity index (χ0v) is 19.7. The summed E-state index contributed by atoms with van der Waals surface area (Å²) in [6, 6.07) is 20.5. The zero-order chi connectivity index (χ0) is 24.0. The molecule has 4 heterocycles. The van der Waals surface area contributed by atoms with Gasteiger partial charge in [0.05, 0.1) is 11.0 Å². The van der Waals surface area contributed by atoms with Gasteiger partial charge in [-0.15, -0.1) is 0 Å². The minimum absolute atomic E-state index is 0.250. The largest absolute Gasteiger partial charge is 0.483 e. The van der Waals surface area contributed by atoms with E-state index in [1.807, 2.05) is 30.5 Å². The average Bonchev–Trinajstić information content (AvgIpc) is 3.49. The van der Waals surface area contributed by atoms with E-state index in [-0.39, 0.29) is 6.47 Å². The molecule has 1 fully saturated rings. The lowest BCUT2D eigenvalue weighted by atomic mass is 10.1. The van der Waals surface area contributed by atoms with Gasteiger partial charge in [-0.25, -0.2) is 4.98 Å². The number of carbonyl (C=O) groups is 1. The molecule has 0 radical (unpaired) electrons. The predicted octanol–water partition coefficient (Wildman–Crippen LogP) is 5.25. The van der Waals surface area contributed by atoms with Crippen LogP contribution in [0.3, 0.4) is 0 Å². The number of piperazine rings is 1. The quantitative estimate of drug-likeness (QED) is 0.335. The molecule has 8 nitrogen and oxygen atoms in total. The Morgan fingerprint density at radius 2 is 1.86 bits per heavy atom. The molecule has 1 aliphatic heterocycles. The molecular weight excluding hydrogens is 464 g/mol. The molecule has 1 aliphatic rings. The number of rotatable bonds is 5. The van der Waals surface area contributed by atoms with Crippen molar-refractivity contribution in [1.82, 2.24) is 14.9 Å². The van der Waals surface area contributed by atoms with Crippen LogP contribution in [0.4, 0.5) is 5.69 Å². The monoisotopic (exact) mass is 488 g/mol. The van der Waals surface area contributed by atoms with Crippen molar-refractivity contribution in [3.8, 4) is 10.9 Å². The van der Waals surface area contributed by atoms with Gasteiger partial charge in [0.25, 0.3) is 11.7 Å². The molecular formula is C26H24N4O4S. The van der Waals surface area contributed by atoms with Gasteiger partial charge in [0.2, 0.25) is 0 Å². The molecule has 6 rings (SSSR count). The van der Waals surface area contributed by atoms with E-state index in [4.69, 9.17) is 19.1 Å². The standard InChI is InChI=1S/C25H22N4O2S.CH2O2/c1-2-5-19(6-3-1)29-13-11-28(12-14-29)16-18-17-30-22-15-20(8-9-21(18)22)31-25-27-24-23(32-25)7-4-10-26-24;2-1-3/h1-10,15,17H,11-14,16H2;1H,(H,2,3). The van der Waals surface area contributed by atoms with E-state index in [0.717, 1.165) is 48.4 Å². The van der Waals surface area contributed by atoms with Crippen molar-refractivity contribution >= 4 is 44.8 Å². The summed E-state index contributed by atoms with van der Waals surface area (Å²) in [6.07, 6.45) is 3.61. The van der Waals surface area contributed by atoms with Crippen LogP contribution in [0, 0.1) is 0 Å². The second-order valence-electron chi connectivity index (χ2n) is 8.03. The van der Waals surface area contributed by atoms with Crippen LogP contribution in [0.1, 0.15) is 5.56 Å². The Bertz CT molecular complexity index is 1380. The third kappa shape index (κ3) is 5.26. The van der Waals surface area contributed by atoms with Crippen LogP contribution in [0.15, 0.2) is 77.5 Å². The van der Waals surface area contributed by atoms with Crippen molar-refractivity contribution in [2.75, 3.05) is 31.1 Å². The summed E-state index contributed by atoms with van der Waals surface area (Å²) in [6.45, 7) is 4.78. The van der Waals surface area contributed by atoms with E-state index in [1.54, 1.807) is 6.20 Å². The number of ether oxygens (including phenoxy) is 1. The number of hydrogen-bond donors (Lipinski definition) is 1. The molecule has 0 aliphatic carbocycles. The molecule has 0 saturated carbocycles. The van der Waals surface area contributed by atoms with Gasteiger partial charge < -0.3 is 19.2 Å². The normalized spacial score (nSPS) is 14.0. The molecule has 0 spiro atoms. The lowest BCUT2D eigenvalue weighted by Gasteiger charge is -2.36. The highest BCUT2D eigenvalue weighted by atomic mass is 32.1. The fourth-order valence-corrected chi connectivity index (χ4v) is 4.98. The first-order chi connectivity index (χ1) is 17.2. The van der Waals surface area contributed by atoms with Crippen LogP contribution in [-0.2, 0) is 11.3 Å². The van der Waals surface area contributed by atoms with Gasteiger partial charge in [0.15, 0.2) is 5.65 Å². The van der Waals surface area contributed by atoms with Crippen molar-refractivity contribution in [2.24, 2.45) is 0 Å². The number of thiazole rings is 1. The molecule has 5 aromatic rings. The number of furan rings is 1. The van der Waals surface area contributed by atoms with E-state index in [9.17, 15) is 0 Å². The Morgan fingerprint density at radius 3 is 2.63 bits per heavy atom. The van der Waals surface area contributed by atoms with Gasteiger partial charge in [-0.3, -0.25) is 9.69 Å². The highest BCUT2D eigenvalue weighted by Crippen LogP contribution is 2.33. The Kier molecular flexibility index (Phi) is 6.87. The van der Waals surface area contributed by atoms with Crippen LogP contribution >= 0.6 is 11.3 Å². The summed E-state index contributed by atoms with van der Waals surface area (Å²) in [5.74, 6) is 0.717. The van der Waals surface area contributed by atoms with E-state index in [0.29, 0.717) is 16.6 Å². The number of anilines is 1. The number of benzene rings is 2. The maximum absolute atomic E-state index is 8.36.